The Labute approximate surface area is 201 Å². The Morgan fingerprint density at radius 1 is 0.944 bits per heavy atom. The van der Waals surface area contributed by atoms with Crippen LogP contribution in [0.4, 0.5) is 22.0 Å². The highest BCUT2D eigenvalue weighted by atomic mass is 32.2. The number of hydrogen-bond donors (Lipinski definition) is 1. The number of rotatable bonds is 7. The van der Waals surface area contributed by atoms with Gasteiger partial charge in [0.2, 0.25) is 0 Å². The number of carbonyl (C=O) groups excluding carboxylic acids is 2. The molecular formula is C23H19F5O7S. The van der Waals surface area contributed by atoms with E-state index in [0.717, 1.165) is 22.3 Å². The molecule has 5 rings (SSSR count). The van der Waals surface area contributed by atoms with E-state index in [1.54, 1.807) is 0 Å². The summed E-state index contributed by atoms with van der Waals surface area (Å²) < 4.78 is 104. The predicted molar refractivity (Wildman–Crippen MR) is 113 cm³/mol. The van der Waals surface area contributed by atoms with Gasteiger partial charge in [-0.15, -0.1) is 0 Å². The Morgan fingerprint density at radius 2 is 1.44 bits per heavy atom. The van der Waals surface area contributed by atoms with Gasteiger partial charge in [0.05, 0.1) is 12.3 Å². The minimum Gasteiger partial charge on any atom is -0.465 e. The van der Waals surface area contributed by atoms with Gasteiger partial charge >= 0.3 is 33.5 Å². The van der Waals surface area contributed by atoms with Crippen molar-refractivity contribution >= 4 is 22.1 Å². The lowest BCUT2D eigenvalue weighted by Gasteiger charge is -2.44. The summed E-state index contributed by atoms with van der Waals surface area (Å²) in [5, 5.41) is -5.83. The maximum absolute atomic E-state index is 13.6. The molecule has 0 radical (unpaired) electrons. The van der Waals surface area contributed by atoms with Gasteiger partial charge in [0.15, 0.2) is 0 Å². The van der Waals surface area contributed by atoms with E-state index in [-0.39, 0.29) is 11.8 Å². The van der Waals surface area contributed by atoms with Gasteiger partial charge in [0.25, 0.3) is 6.10 Å². The fourth-order valence-electron chi connectivity index (χ4n) is 4.86. The maximum Gasteiger partial charge on any atom is 0.432 e. The van der Waals surface area contributed by atoms with Gasteiger partial charge in [-0.05, 0) is 28.7 Å². The Kier molecular flexibility index (Phi) is 6.58. The molecule has 0 spiro atoms. The maximum atomic E-state index is 13.6. The largest absolute Gasteiger partial charge is 0.465 e. The Morgan fingerprint density at radius 3 is 1.92 bits per heavy atom. The number of esters is 2. The van der Waals surface area contributed by atoms with Crippen molar-refractivity contribution in [3.63, 3.8) is 0 Å². The van der Waals surface area contributed by atoms with E-state index < -0.39 is 58.5 Å². The summed E-state index contributed by atoms with van der Waals surface area (Å²) in [6.07, 6.45) is -11.1. The molecule has 194 valence electrons. The average molecular weight is 534 g/mol. The highest BCUT2D eigenvalue weighted by Gasteiger charge is 2.66. The van der Waals surface area contributed by atoms with E-state index >= 15 is 0 Å². The number of benzene rings is 2. The van der Waals surface area contributed by atoms with Gasteiger partial charge < -0.3 is 9.47 Å². The van der Waals surface area contributed by atoms with Crippen LogP contribution in [0.3, 0.4) is 0 Å². The van der Waals surface area contributed by atoms with Crippen LogP contribution in [0.1, 0.15) is 46.9 Å². The summed E-state index contributed by atoms with van der Waals surface area (Å²) >= 11 is 0. The molecule has 36 heavy (non-hydrogen) atoms. The van der Waals surface area contributed by atoms with E-state index in [2.05, 4.69) is 4.74 Å². The van der Waals surface area contributed by atoms with Gasteiger partial charge in [0, 0.05) is 11.8 Å². The highest BCUT2D eigenvalue weighted by Crippen LogP contribution is 2.55. The van der Waals surface area contributed by atoms with E-state index in [1.807, 2.05) is 48.5 Å². The summed E-state index contributed by atoms with van der Waals surface area (Å²) in [6, 6.07) is 15.2. The SMILES string of the molecule is O=C(CCOC(=O)C1CC2c3ccccc3C1c1ccccc12)OC(C(F)(F)F)C(F)(F)S(=O)(=O)O. The predicted octanol–water partition coefficient (Wildman–Crippen LogP) is 4.17. The molecule has 3 aliphatic carbocycles. The van der Waals surface area contributed by atoms with Crippen LogP contribution in [0.2, 0.25) is 0 Å². The summed E-state index contributed by atoms with van der Waals surface area (Å²) in [7, 11) is -6.55. The summed E-state index contributed by atoms with van der Waals surface area (Å²) in [6.45, 7) is -0.781. The number of fused-ring (bicyclic) bond motifs is 1. The smallest absolute Gasteiger partial charge is 0.432 e. The van der Waals surface area contributed by atoms with Gasteiger partial charge in [-0.3, -0.25) is 14.1 Å². The molecule has 2 unspecified atom stereocenters. The summed E-state index contributed by atoms with van der Waals surface area (Å²) in [5.41, 5.74) is 4.03. The summed E-state index contributed by atoms with van der Waals surface area (Å²) in [5.74, 6) is -3.70. The van der Waals surface area contributed by atoms with Crippen molar-refractivity contribution in [1.82, 2.24) is 0 Å². The first-order valence-electron chi connectivity index (χ1n) is 10.7. The molecule has 2 atom stereocenters. The van der Waals surface area contributed by atoms with Crippen molar-refractivity contribution in [2.75, 3.05) is 6.61 Å². The monoisotopic (exact) mass is 534 g/mol. The molecule has 0 fully saturated rings. The zero-order chi connectivity index (χ0) is 26.5. The van der Waals surface area contributed by atoms with Crippen LogP contribution in [-0.2, 0) is 29.2 Å². The lowest BCUT2D eigenvalue weighted by molar-refractivity contribution is -0.259. The molecule has 13 heteroatoms. The van der Waals surface area contributed by atoms with Gasteiger partial charge in [0.1, 0.15) is 6.61 Å². The van der Waals surface area contributed by atoms with Crippen molar-refractivity contribution in [2.24, 2.45) is 5.92 Å². The molecule has 2 aromatic carbocycles. The second kappa shape index (κ2) is 9.11. The minimum atomic E-state index is -6.55. The fraction of sp³-hybridized carbons (Fsp3) is 0.391. The van der Waals surface area contributed by atoms with E-state index in [0.29, 0.717) is 6.42 Å². The number of ether oxygens (including phenoxy) is 2. The van der Waals surface area contributed by atoms with Crippen molar-refractivity contribution < 1.29 is 54.0 Å². The van der Waals surface area contributed by atoms with E-state index in [4.69, 9.17) is 9.29 Å². The Balaban J connectivity index is 1.43. The molecule has 0 heterocycles. The van der Waals surface area contributed by atoms with Crippen LogP contribution < -0.4 is 0 Å². The number of halogens is 5. The topological polar surface area (TPSA) is 107 Å². The van der Waals surface area contributed by atoms with Gasteiger partial charge in [-0.1, -0.05) is 48.5 Å². The normalized spacial score (nSPS) is 21.8. The van der Waals surface area contributed by atoms with Crippen LogP contribution in [0.5, 0.6) is 0 Å². The van der Waals surface area contributed by atoms with Crippen LogP contribution in [0.15, 0.2) is 48.5 Å². The van der Waals surface area contributed by atoms with E-state index in [9.17, 15) is 40.0 Å². The molecule has 2 bridgehead atoms. The standard InChI is InChI=1S/C23H19F5O7S/c24-22(25,26)21(23(27,28)36(31,32)33)35-18(29)9-10-34-20(30)17-11-16-12-5-1-3-7-14(12)19(17)15-8-4-2-6-13(15)16/h1-8,16-17,19,21H,9-11H2,(H,31,32,33). The molecule has 2 aromatic rings. The van der Waals surface area contributed by atoms with Crippen molar-refractivity contribution in [1.29, 1.82) is 0 Å². The molecule has 7 nitrogen and oxygen atoms in total. The lowest BCUT2D eigenvalue weighted by Crippen LogP contribution is -2.52. The zero-order valence-electron chi connectivity index (χ0n) is 18.2. The van der Waals surface area contributed by atoms with Gasteiger partial charge in [-0.2, -0.15) is 30.4 Å². The van der Waals surface area contributed by atoms with Crippen LogP contribution >= 0.6 is 0 Å². The second-order valence-corrected chi connectivity index (χ2v) is 9.99. The molecule has 0 saturated heterocycles. The third kappa shape index (κ3) is 4.57. The third-order valence-electron chi connectivity index (χ3n) is 6.35. The van der Waals surface area contributed by atoms with Crippen LogP contribution in [0, 0.1) is 5.92 Å². The van der Waals surface area contributed by atoms with Crippen molar-refractivity contribution in [3.8, 4) is 0 Å². The minimum absolute atomic E-state index is 0.0832. The number of alkyl halides is 5. The van der Waals surface area contributed by atoms with E-state index in [1.165, 1.54) is 0 Å². The lowest BCUT2D eigenvalue weighted by atomic mass is 9.59. The number of hydrogen-bond acceptors (Lipinski definition) is 6. The first-order valence-corrected chi connectivity index (χ1v) is 12.1. The molecule has 0 saturated carbocycles. The van der Waals surface area contributed by atoms with Crippen molar-refractivity contribution in [2.45, 2.75) is 42.2 Å². The molecule has 0 aromatic heterocycles. The summed E-state index contributed by atoms with van der Waals surface area (Å²) in [4.78, 5) is 24.6. The van der Waals surface area contributed by atoms with Crippen LogP contribution in [-0.4, -0.2) is 49.1 Å². The quantitative estimate of drug-likeness (QED) is 0.323. The Hall–Kier alpha value is -3.06. The molecule has 3 aliphatic rings. The average Bonchev–Trinajstić information content (AvgIpc) is 2.81. The molecule has 1 N–H and O–H groups in total. The molecule has 0 amide bonds. The first-order chi connectivity index (χ1) is 16.7. The fourth-order valence-corrected chi connectivity index (χ4v) is 5.31. The van der Waals surface area contributed by atoms with Crippen molar-refractivity contribution in [3.05, 3.63) is 70.8 Å². The zero-order valence-corrected chi connectivity index (χ0v) is 19.1. The molecule has 0 aliphatic heterocycles. The first kappa shape index (κ1) is 26.0. The highest BCUT2D eigenvalue weighted by molar-refractivity contribution is 7.86. The second-order valence-electron chi connectivity index (χ2n) is 8.50. The number of carbonyl (C=O) groups is 2. The third-order valence-corrected chi connectivity index (χ3v) is 7.26. The van der Waals surface area contributed by atoms with Crippen LogP contribution in [0.25, 0.3) is 0 Å². The Bertz CT molecular complexity index is 1240. The molecular weight excluding hydrogens is 515 g/mol. The van der Waals surface area contributed by atoms with Gasteiger partial charge in [-0.25, -0.2) is 0 Å².